The number of amides is 1. The number of methoxy groups -OCH3 is 1. The molecule has 0 unspecified atom stereocenters. The van der Waals surface area contributed by atoms with Gasteiger partial charge in [-0.1, -0.05) is 36.4 Å². The summed E-state index contributed by atoms with van der Waals surface area (Å²) in [7, 11) is 1.64. The maximum Gasteiger partial charge on any atom is 0.407 e. The van der Waals surface area contributed by atoms with E-state index in [1.807, 2.05) is 48.5 Å². The van der Waals surface area contributed by atoms with E-state index in [-0.39, 0.29) is 0 Å². The number of piperidine rings is 1. The van der Waals surface area contributed by atoms with Crippen molar-refractivity contribution in [1.29, 1.82) is 0 Å². The molecular weight excluding hydrogens is 306 g/mol. The fraction of sp³-hybridized carbons (Fsp3) is 0.316. The van der Waals surface area contributed by atoms with Crippen LogP contribution in [0.2, 0.25) is 0 Å². The molecule has 2 N–H and O–H groups in total. The predicted molar refractivity (Wildman–Crippen MR) is 91.2 cm³/mol. The molecule has 0 aliphatic carbocycles. The van der Waals surface area contributed by atoms with Crippen molar-refractivity contribution in [3.8, 4) is 16.9 Å². The number of nitrogens with zero attached hydrogens (tertiary/aromatic N) is 1. The third-order valence-electron chi connectivity index (χ3n) is 4.71. The van der Waals surface area contributed by atoms with E-state index in [1.54, 1.807) is 7.11 Å². The van der Waals surface area contributed by atoms with E-state index < -0.39 is 11.7 Å². The Labute approximate surface area is 141 Å². The molecule has 1 saturated heterocycles. The fourth-order valence-corrected chi connectivity index (χ4v) is 3.11. The molecule has 1 fully saturated rings. The molecule has 3 rings (SSSR count). The van der Waals surface area contributed by atoms with E-state index in [1.165, 1.54) is 4.90 Å². The third-order valence-corrected chi connectivity index (χ3v) is 4.71. The SMILES string of the molecule is COc1ccc(-c2ccc(C3(O)CCN(C(=O)O)CC3)cc2)cc1. The molecule has 2 aromatic carbocycles. The van der Waals surface area contributed by atoms with Crippen molar-refractivity contribution >= 4 is 6.09 Å². The zero-order chi connectivity index (χ0) is 17.2. The van der Waals surface area contributed by atoms with Crippen molar-refractivity contribution < 1.29 is 19.7 Å². The maximum absolute atomic E-state index is 11.0. The van der Waals surface area contributed by atoms with Gasteiger partial charge in [-0.05, 0) is 41.7 Å². The molecule has 0 spiro atoms. The van der Waals surface area contributed by atoms with Crippen LogP contribution in [0.4, 0.5) is 4.79 Å². The molecule has 0 saturated carbocycles. The second-order valence-electron chi connectivity index (χ2n) is 6.11. The maximum atomic E-state index is 11.0. The Morgan fingerprint density at radius 3 is 1.96 bits per heavy atom. The van der Waals surface area contributed by atoms with Crippen LogP contribution in [0.25, 0.3) is 11.1 Å². The summed E-state index contributed by atoms with van der Waals surface area (Å²) in [4.78, 5) is 12.3. The average molecular weight is 327 g/mol. The molecule has 126 valence electrons. The van der Waals surface area contributed by atoms with Crippen LogP contribution in [-0.4, -0.2) is 41.4 Å². The Bertz CT molecular complexity index is 701. The predicted octanol–water partition coefficient (Wildman–Crippen LogP) is 3.32. The number of hydrogen-bond donors (Lipinski definition) is 2. The number of rotatable bonds is 3. The largest absolute Gasteiger partial charge is 0.497 e. The summed E-state index contributed by atoms with van der Waals surface area (Å²) < 4.78 is 5.16. The number of aliphatic hydroxyl groups is 1. The Kier molecular flexibility index (Phi) is 4.44. The number of ether oxygens (including phenoxy) is 1. The average Bonchev–Trinajstić information content (AvgIpc) is 2.62. The van der Waals surface area contributed by atoms with Gasteiger partial charge in [-0.3, -0.25) is 0 Å². The summed E-state index contributed by atoms with van der Waals surface area (Å²) in [5.41, 5.74) is 2.03. The monoisotopic (exact) mass is 327 g/mol. The fourth-order valence-electron chi connectivity index (χ4n) is 3.11. The van der Waals surface area contributed by atoms with E-state index in [2.05, 4.69) is 0 Å². The summed E-state index contributed by atoms with van der Waals surface area (Å²) in [6.07, 6.45) is -0.0885. The zero-order valence-corrected chi connectivity index (χ0v) is 13.6. The summed E-state index contributed by atoms with van der Waals surface area (Å²) in [5.74, 6) is 0.815. The van der Waals surface area contributed by atoms with Crippen LogP contribution in [0.5, 0.6) is 5.75 Å². The number of hydrogen-bond acceptors (Lipinski definition) is 3. The smallest absolute Gasteiger partial charge is 0.407 e. The lowest BCUT2D eigenvalue weighted by molar-refractivity contribution is -0.0213. The van der Waals surface area contributed by atoms with Gasteiger partial charge in [0.15, 0.2) is 0 Å². The van der Waals surface area contributed by atoms with Crippen molar-refractivity contribution in [2.45, 2.75) is 18.4 Å². The molecular formula is C19H21NO4. The number of carboxylic acid groups (broad SMARTS) is 1. The Hall–Kier alpha value is -2.53. The molecule has 1 amide bonds. The minimum Gasteiger partial charge on any atom is -0.497 e. The minimum atomic E-state index is -0.954. The summed E-state index contributed by atoms with van der Waals surface area (Å²) in [6.45, 7) is 0.706. The van der Waals surface area contributed by atoms with Gasteiger partial charge in [0, 0.05) is 13.1 Å². The van der Waals surface area contributed by atoms with Crippen LogP contribution in [0.3, 0.4) is 0 Å². The highest BCUT2D eigenvalue weighted by molar-refractivity contribution is 5.65. The van der Waals surface area contributed by atoms with Gasteiger partial charge in [0.1, 0.15) is 5.75 Å². The van der Waals surface area contributed by atoms with Crippen LogP contribution >= 0.6 is 0 Å². The molecule has 1 heterocycles. The second-order valence-corrected chi connectivity index (χ2v) is 6.11. The van der Waals surface area contributed by atoms with Crippen LogP contribution in [-0.2, 0) is 5.60 Å². The van der Waals surface area contributed by atoms with Crippen LogP contribution in [0.1, 0.15) is 18.4 Å². The molecule has 2 aromatic rings. The first kappa shape index (κ1) is 16.3. The van der Waals surface area contributed by atoms with Gasteiger partial charge in [0.25, 0.3) is 0 Å². The third kappa shape index (κ3) is 3.21. The van der Waals surface area contributed by atoms with Gasteiger partial charge in [0.2, 0.25) is 0 Å². The van der Waals surface area contributed by atoms with Gasteiger partial charge in [-0.25, -0.2) is 4.79 Å². The van der Waals surface area contributed by atoms with Crippen LogP contribution in [0, 0.1) is 0 Å². The highest BCUT2D eigenvalue weighted by Gasteiger charge is 2.35. The lowest BCUT2D eigenvalue weighted by atomic mass is 9.84. The lowest BCUT2D eigenvalue weighted by Gasteiger charge is -2.37. The molecule has 1 aliphatic heterocycles. The van der Waals surface area contributed by atoms with Gasteiger partial charge < -0.3 is 19.8 Å². The van der Waals surface area contributed by atoms with E-state index in [4.69, 9.17) is 9.84 Å². The van der Waals surface area contributed by atoms with Crippen LogP contribution < -0.4 is 4.74 Å². The Morgan fingerprint density at radius 1 is 1.00 bits per heavy atom. The van der Waals surface area contributed by atoms with Crippen molar-refractivity contribution in [2.24, 2.45) is 0 Å². The van der Waals surface area contributed by atoms with Gasteiger partial charge in [-0.15, -0.1) is 0 Å². The normalized spacial score (nSPS) is 16.7. The van der Waals surface area contributed by atoms with E-state index in [9.17, 15) is 9.90 Å². The first-order valence-corrected chi connectivity index (χ1v) is 7.97. The Balaban J connectivity index is 1.75. The molecule has 0 radical (unpaired) electrons. The summed E-state index contributed by atoms with van der Waals surface area (Å²) >= 11 is 0. The van der Waals surface area contributed by atoms with E-state index in [0.29, 0.717) is 25.9 Å². The summed E-state index contributed by atoms with van der Waals surface area (Å²) in [5, 5.41) is 19.8. The molecule has 0 bridgehead atoms. The van der Waals surface area contributed by atoms with Crippen molar-refractivity contribution in [2.75, 3.05) is 20.2 Å². The summed E-state index contributed by atoms with van der Waals surface area (Å²) in [6, 6.07) is 15.6. The zero-order valence-electron chi connectivity index (χ0n) is 13.6. The topological polar surface area (TPSA) is 70.0 Å². The van der Waals surface area contributed by atoms with Crippen LogP contribution in [0.15, 0.2) is 48.5 Å². The van der Waals surface area contributed by atoms with Gasteiger partial charge in [-0.2, -0.15) is 0 Å². The highest BCUT2D eigenvalue weighted by atomic mass is 16.5. The molecule has 5 nitrogen and oxygen atoms in total. The Morgan fingerprint density at radius 2 is 1.50 bits per heavy atom. The number of benzene rings is 2. The number of carbonyl (C=O) groups is 1. The lowest BCUT2D eigenvalue weighted by Crippen LogP contribution is -2.44. The van der Waals surface area contributed by atoms with E-state index in [0.717, 1.165) is 22.4 Å². The second kappa shape index (κ2) is 6.53. The van der Waals surface area contributed by atoms with Gasteiger partial charge in [0.05, 0.1) is 12.7 Å². The molecule has 0 aromatic heterocycles. The molecule has 24 heavy (non-hydrogen) atoms. The first-order chi connectivity index (χ1) is 11.5. The van der Waals surface area contributed by atoms with E-state index >= 15 is 0 Å². The first-order valence-electron chi connectivity index (χ1n) is 7.97. The highest BCUT2D eigenvalue weighted by Crippen LogP contribution is 2.34. The van der Waals surface area contributed by atoms with Crippen molar-refractivity contribution in [3.05, 3.63) is 54.1 Å². The van der Waals surface area contributed by atoms with Crippen molar-refractivity contribution in [1.82, 2.24) is 4.90 Å². The quantitative estimate of drug-likeness (QED) is 0.907. The number of likely N-dealkylation sites (tertiary alicyclic amines) is 1. The molecule has 5 heteroatoms. The molecule has 0 atom stereocenters. The van der Waals surface area contributed by atoms with Gasteiger partial charge >= 0.3 is 6.09 Å². The minimum absolute atomic E-state index is 0.353. The standard InChI is InChI=1S/C19H21NO4/c1-24-17-8-4-15(5-9-17)14-2-6-16(7-3-14)19(23)10-12-20(13-11-19)18(21)22/h2-9,23H,10-13H2,1H3,(H,21,22). The molecule has 1 aliphatic rings. The van der Waals surface area contributed by atoms with Crippen molar-refractivity contribution in [3.63, 3.8) is 0 Å².